The Labute approximate surface area is 145 Å². The standard InChI is InChI=1S/C18H19ClN4O/c1-10-3-4-11(2)23(10)18(24)15-7-12(8-21-15)16-13-5-6-20-17(13)22-9-14(16)19/h5-11,21H,3-4H2,1-2H3,(H,20,22). The van der Waals surface area contributed by atoms with Crippen LogP contribution in [0.25, 0.3) is 22.2 Å². The molecule has 0 aliphatic carbocycles. The van der Waals surface area contributed by atoms with Gasteiger partial charge in [0.15, 0.2) is 0 Å². The zero-order valence-corrected chi connectivity index (χ0v) is 14.4. The molecule has 24 heavy (non-hydrogen) atoms. The fourth-order valence-electron chi connectivity index (χ4n) is 3.67. The highest BCUT2D eigenvalue weighted by atomic mass is 35.5. The van der Waals surface area contributed by atoms with Crippen LogP contribution in [0.15, 0.2) is 30.7 Å². The Morgan fingerprint density at radius 1 is 1.29 bits per heavy atom. The number of nitrogens with zero attached hydrogens (tertiary/aromatic N) is 2. The lowest BCUT2D eigenvalue weighted by molar-refractivity contribution is 0.0687. The Bertz CT molecular complexity index is 903. The predicted octanol–water partition coefficient (Wildman–Crippen LogP) is 4.22. The first-order valence-electron chi connectivity index (χ1n) is 8.19. The third kappa shape index (κ3) is 2.31. The van der Waals surface area contributed by atoms with Crippen molar-refractivity contribution in [2.24, 2.45) is 0 Å². The van der Waals surface area contributed by atoms with E-state index < -0.39 is 0 Å². The number of nitrogens with one attached hydrogen (secondary N) is 2. The number of aromatic nitrogens is 3. The maximum absolute atomic E-state index is 12.9. The van der Waals surface area contributed by atoms with Gasteiger partial charge in [0.2, 0.25) is 0 Å². The number of carbonyl (C=O) groups excluding carboxylic acids is 1. The summed E-state index contributed by atoms with van der Waals surface area (Å²) in [5, 5.41) is 1.52. The number of H-pyrrole nitrogens is 2. The Hall–Kier alpha value is -2.27. The van der Waals surface area contributed by atoms with Gasteiger partial charge in [0, 0.05) is 47.2 Å². The average molecular weight is 343 g/mol. The smallest absolute Gasteiger partial charge is 0.270 e. The molecule has 0 radical (unpaired) electrons. The first kappa shape index (κ1) is 15.3. The van der Waals surface area contributed by atoms with Crippen molar-refractivity contribution in [2.75, 3.05) is 0 Å². The highest BCUT2D eigenvalue weighted by molar-refractivity contribution is 6.34. The second kappa shape index (κ2) is 5.67. The lowest BCUT2D eigenvalue weighted by Gasteiger charge is -2.25. The zero-order valence-electron chi connectivity index (χ0n) is 13.6. The number of likely N-dealkylation sites (tertiary alicyclic amines) is 1. The Morgan fingerprint density at radius 3 is 2.79 bits per heavy atom. The van der Waals surface area contributed by atoms with Gasteiger partial charge in [0.25, 0.3) is 5.91 Å². The summed E-state index contributed by atoms with van der Waals surface area (Å²) in [4.78, 5) is 25.3. The van der Waals surface area contributed by atoms with E-state index in [2.05, 4.69) is 28.8 Å². The number of aromatic amines is 2. The van der Waals surface area contributed by atoms with Crippen molar-refractivity contribution in [3.8, 4) is 11.1 Å². The summed E-state index contributed by atoms with van der Waals surface area (Å²) in [5.74, 6) is 0.0502. The van der Waals surface area contributed by atoms with Gasteiger partial charge in [-0.3, -0.25) is 4.79 Å². The summed E-state index contributed by atoms with van der Waals surface area (Å²) in [5.41, 5.74) is 3.17. The van der Waals surface area contributed by atoms with Gasteiger partial charge >= 0.3 is 0 Å². The first-order chi connectivity index (χ1) is 11.6. The molecule has 6 heteroatoms. The number of hydrogen-bond donors (Lipinski definition) is 2. The minimum atomic E-state index is 0.0502. The third-order valence-electron chi connectivity index (χ3n) is 4.93. The van der Waals surface area contributed by atoms with Crippen molar-refractivity contribution in [3.05, 3.63) is 41.4 Å². The van der Waals surface area contributed by atoms with Gasteiger partial charge in [0.05, 0.1) is 5.02 Å². The van der Waals surface area contributed by atoms with Crippen LogP contribution in [-0.4, -0.2) is 37.8 Å². The van der Waals surface area contributed by atoms with Gasteiger partial charge in [-0.2, -0.15) is 0 Å². The molecule has 0 aromatic carbocycles. The Balaban J connectivity index is 1.73. The Kier molecular flexibility index (Phi) is 3.61. The van der Waals surface area contributed by atoms with Gasteiger partial charge in [-0.05, 0) is 38.8 Å². The summed E-state index contributed by atoms with van der Waals surface area (Å²) < 4.78 is 0. The molecule has 1 aliphatic heterocycles. The van der Waals surface area contributed by atoms with Crippen molar-refractivity contribution in [3.63, 3.8) is 0 Å². The maximum atomic E-state index is 12.9. The molecule has 1 amide bonds. The molecule has 124 valence electrons. The fraction of sp³-hybridized carbons (Fsp3) is 0.333. The van der Waals surface area contributed by atoms with Crippen LogP contribution in [0, 0.1) is 0 Å². The molecule has 4 rings (SSSR count). The van der Waals surface area contributed by atoms with E-state index in [0.717, 1.165) is 35.0 Å². The molecule has 1 aliphatic rings. The molecule has 0 bridgehead atoms. The van der Waals surface area contributed by atoms with Crippen LogP contribution in [0.5, 0.6) is 0 Å². The normalized spacial score (nSPS) is 20.9. The molecule has 4 heterocycles. The molecule has 3 aromatic heterocycles. The van der Waals surface area contributed by atoms with Crippen LogP contribution in [0.2, 0.25) is 5.02 Å². The van der Waals surface area contributed by atoms with Crippen molar-refractivity contribution in [2.45, 2.75) is 38.8 Å². The van der Waals surface area contributed by atoms with Crippen LogP contribution in [0.3, 0.4) is 0 Å². The van der Waals surface area contributed by atoms with Crippen LogP contribution >= 0.6 is 11.6 Å². The summed E-state index contributed by atoms with van der Waals surface area (Å²) >= 11 is 6.37. The van der Waals surface area contributed by atoms with Gasteiger partial charge in [-0.15, -0.1) is 0 Å². The second-order valence-electron chi connectivity index (χ2n) is 6.51. The highest BCUT2D eigenvalue weighted by Gasteiger charge is 2.32. The van der Waals surface area contributed by atoms with E-state index in [1.807, 2.05) is 29.4 Å². The van der Waals surface area contributed by atoms with Gasteiger partial charge < -0.3 is 14.9 Å². The topological polar surface area (TPSA) is 64.8 Å². The quantitative estimate of drug-likeness (QED) is 0.732. The monoisotopic (exact) mass is 342 g/mol. The molecule has 2 atom stereocenters. The number of hydrogen-bond acceptors (Lipinski definition) is 2. The van der Waals surface area contributed by atoms with E-state index in [1.165, 1.54) is 0 Å². The van der Waals surface area contributed by atoms with Crippen molar-refractivity contribution in [1.82, 2.24) is 19.9 Å². The Morgan fingerprint density at radius 2 is 2.04 bits per heavy atom. The summed E-state index contributed by atoms with van der Waals surface area (Å²) in [6.45, 7) is 4.21. The number of halogens is 1. The molecule has 1 saturated heterocycles. The molecular weight excluding hydrogens is 324 g/mol. The molecule has 3 aromatic rings. The molecule has 2 N–H and O–H groups in total. The largest absolute Gasteiger partial charge is 0.357 e. The van der Waals surface area contributed by atoms with E-state index in [1.54, 1.807) is 6.20 Å². The van der Waals surface area contributed by atoms with E-state index >= 15 is 0 Å². The lowest BCUT2D eigenvalue weighted by atomic mass is 10.1. The number of pyridine rings is 1. The number of rotatable bonds is 2. The van der Waals surface area contributed by atoms with E-state index in [4.69, 9.17) is 11.6 Å². The molecule has 5 nitrogen and oxygen atoms in total. The molecule has 2 unspecified atom stereocenters. The van der Waals surface area contributed by atoms with Crippen LogP contribution < -0.4 is 0 Å². The minimum absolute atomic E-state index is 0.0502. The summed E-state index contributed by atoms with van der Waals surface area (Å²) in [7, 11) is 0. The number of amides is 1. The zero-order chi connectivity index (χ0) is 16.8. The van der Waals surface area contributed by atoms with Gasteiger partial charge in [0.1, 0.15) is 11.3 Å². The lowest BCUT2D eigenvalue weighted by Crippen LogP contribution is -2.38. The maximum Gasteiger partial charge on any atom is 0.270 e. The van der Waals surface area contributed by atoms with E-state index in [-0.39, 0.29) is 18.0 Å². The van der Waals surface area contributed by atoms with Gasteiger partial charge in [-0.25, -0.2) is 4.98 Å². The third-order valence-corrected chi connectivity index (χ3v) is 5.22. The average Bonchev–Trinajstić information content (AvgIpc) is 3.27. The van der Waals surface area contributed by atoms with Crippen LogP contribution in [0.1, 0.15) is 37.2 Å². The van der Waals surface area contributed by atoms with Crippen LogP contribution in [-0.2, 0) is 0 Å². The molecule has 0 spiro atoms. The first-order valence-corrected chi connectivity index (χ1v) is 8.57. The van der Waals surface area contributed by atoms with E-state index in [0.29, 0.717) is 10.7 Å². The summed E-state index contributed by atoms with van der Waals surface area (Å²) in [6, 6.07) is 4.39. The predicted molar refractivity (Wildman–Crippen MR) is 95.2 cm³/mol. The van der Waals surface area contributed by atoms with Gasteiger partial charge in [-0.1, -0.05) is 11.6 Å². The van der Waals surface area contributed by atoms with E-state index in [9.17, 15) is 4.79 Å². The summed E-state index contributed by atoms with van der Waals surface area (Å²) in [6.07, 6.45) is 7.42. The SMILES string of the molecule is CC1CCC(C)N1C(=O)c1cc(-c2c(Cl)cnc3[nH]ccc23)c[nH]1. The van der Waals surface area contributed by atoms with Crippen molar-refractivity contribution in [1.29, 1.82) is 0 Å². The highest BCUT2D eigenvalue weighted by Crippen LogP contribution is 2.35. The number of fused-ring (bicyclic) bond motifs is 1. The molecule has 1 fully saturated rings. The number of carbonyl (C=O) groups is 1. The minimum Gasteiger partial charge on any atom is -0.357 e. The van der Waals surface area contributed by atoms with Crippen LogP contribution in [0.4, 0.5) is 0 Å². The van der Waals surface area contributed by atoms with Crippen molar-refractivity contribution >= 4 is 28.5 Å². The molecule has 0 saturated carbocycles. The molecular formula is C18H19ClN4O. The second-order valence-corrected chi connectivity index (χ2v) is 6.92. The fourth-order valence-corrected chi connectivity index (χ4v) is 3.93. The van der Waals surface area contributed by atoms with Crippen molar-refractivity contribution < 1.29 is 4.79 Å².